The molecule has 0 atom stereocenters. The van der Waals surface area contributed by atoms with Crippen molar-refractivity contribution in [1.29, 1.82) is 0 Å². The molecule has 5 rings (SSSR count). The van der Waals surface area contributed by atoms with Crippen LogP contribution >= 0.6 is 0 Å². The normalized spacial score (nSPS) is 19.8. The summed E-state index contributed by atoms with van der Waals surface area (Å²) >= 11 is 0. The SMILES string of the molecule is O=C(CCCN1C(=O)c2cccc3cccc(c23)C1=O)N1CCC(CCN2CCOCC2)CC1. The number of hydrogen-bond donors (Lipinski definition) is 0. The lowest BCUT2D eigenvalue weighted by Crippen LogP contribution is -2.42. The number of nitrogens with zero attached hydrogens (tertiary/aromatic N) is 3. The molecule has 0 aliphatic carbocycles. The highest BCUT2D eigenvalue weighted by Crippen LogP contribution is 2.30. The molecule has 3 amide bonds. The molecule has 0 radical (unpaired) electrons. The van der Waals surface area contributed by atoms with Gasteiger partial charge in [-0.1, -0.05) is 24.3 Å². The number of imide groups is 1. The van der Waals surface area contributed by atoms with Crippen molar-refractivity contribution < 1.29 is 19.1 Å². The largest absolute Gasteiger partial charge is 0.379 e. The molecular weight excluding hydrogens is 430 g/mol. The fourth-order valence-electron chi connectivity index (χ4n) is 5.49. The van der Waals surface area contributed by atoms with Gasteiger partial charge in [0, 0.05) is 55.7 Å². The molecule has 3 aliphatic rings. The van der Waals surface area contributed by atoms with Crippen LogP contribution in [0.3, 0.4) is 0 Å². The maximum Gasteiger partial charge on any atom is 0.261 e. The molecular formula is C27H33N3O4. The Morgan fingerprint density at radius 1 is 0.882 bits per heavy atom. The molecule has 0 aromatic heterocycles. The molecule has 0 spiro atoms. The van der Waals surface area contributed by atoms with Crippen LogP contribution in [0.2, 0.25) is 0 Å². The molecule has 2 aromatic carbocycles. The minimum atomic E-state index is -0.261. The zero-order chi connectivity index (χ0) is 23.5. The number of piperidine rings is 1. The van der Waals surface area contributed by atoms with Gasteiger partial charge in [-0.2, -0.15) is 0 Å². The minimum absolute atomic E-state index is 0.131. The van der Waals surface area contributed by atoms with Gasteiger partial charge in [0.1, 0.15) is 0 Å². The molecule has 0 unspecified atom stereocenters. The van der Waals surface area contributed by atoms with Crippen LogP contribution in [-0.4, -0.2) is 84.9 Å². The van der Waals surface area contributed by atoms with Crippen LogP contribution in [0.4, 0.5) is 0 Å². The highest BCUT2D eigenvalue weighted by molar-refractivity contribution is 6.25. The van der Waals surface area contributed by atoms with Crippen LogP contribution in [0.5, 0.6) is 0 Å². The first kappa shape index (κ1) is 23.0. The minimum Gasteiger partial charge on any atom is -0.379 e. The van der Waals surface area contributed by atoms with E-state index >= 15 is 0 Å². The Labute approximate surface area is 200 Å². The third-order valence-corrected chi connectivity index (χ3v) is 7.55. The van der Waals surface area contributed by atoms with Gasteiger partial charge in [0.15, 0.2) is 0 Å². The maximum atomic E-state index is 13.0. The molecule has 7 heteroatoms. The van der Waals surface area contributed by atoms with Crippen LogP contribution in [0.15, 0.2) is 36.4 Å². The lowest BCUT2D eigenvalue weighted by molar-refractivity contribution is -0.132. The van der Waals surface area contributed by atoms with Crippen molar-refractivity contribution in [3.63, 3.8) is 0 Å². The first-order chi connectivity index (χ1) is 16.6. The average molecular weight is 464 g/mol. The second-order valence-electron chi connectivity index (χ2n) is 9.64. The van der Waals surface area contributed by atoms with Crippen molar-refractivity contribution >= 4 is 28.5 Å². The third-order valence-electron chi connectivity index (χ3n) is 7.55. The van der Waals surface area contributed by atoms with Crippen LogP contribution in [0.1, 0.15) is 52.8 Å². The van der Waals surface area contributed by atoms with E-state index < -0.39 is 0 Å². The average Bonchev–Trinajstić information content (AvgIpc) is 2.88. The quantitative estimate of drug-likeness (QED) is 0.590. The first-order valence-corrected chi connectivity index (χ1v) is 12.6. The van der Waals surface area contributed by atoms with Gasteiger partial charge in [-0.25, -0.2) is 0 Å². The van der Waals surface area contributed by atoms with E-state index in [0.717, 1.165) is 69.6 Å². The molecule has 3 heterocycles. The molecule has 34 heavy (non-hydrogen) atoms. The van der Waals surface area contributed by atoms with E-state index in [4.69, 9.17) is 4.74 Å². The summed E-state index contributed by atoms with van der Waals surface area (Å²) in [6.07, 6.45) is 4.15. The Morgan fingerprint density at radius 2 is 1.53 bits per heavy atom. The summed E-state index contributed by atoms with van der Waals surface area (Å²) in [5, 5.41) is 1.64. The number of morpholine rings is 1. The Morgan fingerprint density at radius 3 is 2.18 bits per heavy atom. The predicted molar refractivity (Wildman–Crippen MR) is 130 cm³/mol. The van der Waals surface area contributed by atoms with Crippen molar-refractivity contribution in [2.24, 2.45) is 5.92 Å². The second-order valence-corrected chi connectivity index (χ2v) is 9.64. The summed E-state index contributed by atoms with van der Waals surface area (Å²) in [5.74, 6) is 0.287. The van der Waals surface area contributed by atoms with Crippen LogP contribution in [-0.2, 0) is 9.53 Å². The molecule has 7 nitrogen and oxygen atoms in total. The Kier molecular flexibility index (Phi) is 6.92. The Hall–Kier alpha value is -2.77. The fourth-order valence-corrected chi connectivity index (χ4v) is 5.49. The molecule has 2 saturated heterocycles. The first-order valence-electron chi connectivity index (χ1n) is 12.6. The van der Waals surface area contributed by atoms with Crippen molar-refractivity contribution in [2.75, 3.05) is 52.5 Å². The smallest absolute Gasteiger partial charge is 0.261 e. The van der Waals surface area contributed by atoms with Crippen LogP contribution < -0.4 is 0 Å². The van der Waals surface area contributed by atoms with E-state index in [-0.39, 0.29) is 24.3 Å². The van der Waals surface area contributed by atoms with Gasteiger partial charge < -0.3 is 9.64 Å². The lowest BCUT2D eigenvalue weighted by Gasteiger charge is -2.34. The van der Waals surface area contributed by atoms with Crippen molar-refractivity contribution in [2.45, 2.75) is 32.1 Å². The maximum absolute atomic E-state index is 13.0. The number of carbonyl (C=O) groups is 3. The summed E-state index contributed by atoms with van der Waals surface area (Å²) in [5.41, 5.74) is 1.14. The van der Waals surface area contributed by atoms with E-state index in [0.29, 0.717) is 29.9 Å². The summed E-state index contributed by atoms with van der Waals surface area (Å²) in [7, 11) is 0. The summed E-state index contributed by atoms with van der Waals surface area (Å²) < 4.78 is 5.42. The van der Waals surface area contributed by atoms with E-state index in [1.807, 2.05) is 29.2 Å². The van der Waals surface area contributed by atoms with Gasteiger partial charge >= 0.3 is 0 Å². The number of rotatable bonds is 7. The Bertz CT molecular complexity index is 1020. The molecule has 0 bridgehead atoms. The number of amides is 3. The number of benzene rings is 2. The highest BCUT2D eigenvalue weighted by atomic mass is 16.5. The van der Waals surface area contributed by atoms with Crippen LogP contribution in [0, 0.1) is 5.92 Å². The standard InChI is InChI=1S/C27H33N3O4/c31-24(29-14-10-20(11-15-29)9-13-28-16-18-34-19-17-28)8-3-12-30-26(32)22-6-1-4-21-5-2-7-23(25(21)22)27(30)33/h1-2,4-7,20H,3,8-19H2. The molecule has 3 aliphatic heterocycles. The fraction of sp³-hybridized carbons (Fsp3) is 0.519. The monoisotopic (exact) mass is 463 g/mol. The van der Waals surface area contributed by atoms with Gasteiger partial charge in [0.2, 0.25) is 5.91 Å². The number of hydrogen-bond acceptors (Lipinski definition) is 5. The number of likely N-dealkylation sites (tertiary alicyclic amines) is 1. The zero-order valence-corrected chi connectivity index (χ0v) is 19.7. The van der Waals surface area contributed by atoms with E-state index in [2.05, 4.69) is 4.90 Å². The molecule has 2 fully saturated rings. The number of ether oxygens (including phenoxy) is 1. The van der Waals surface area contributed by atoms with Crippen molar-refractivity contribution in [3.8, 4) is 0 Å². The lowest BCUT2D eigenvalue weighted by atomic mass is 9.93. The second kappa shape index (κ2) is 10.2. The molecule has 0 saturated carbocycles. The topological polar surface area (TPSA) is 70.2 Å². The molecule has 0 N–H and O–H groups in total. The van der Waals surface area contributed by atoms with Crippen molar-refractivity contribution in [3.05, 3.63) is 47.5 Å². The van der Waals surface area contributed by atoms with Crippen molar-refractivity contribution in [1.82, 2.24) is 14.7 Å². The van der Waals surface area contributed by atoms with Crippen LogP contribution in [0.25, 0.3) is 10.8 Å². The predicted octanol–water partition coefficient (Wildman–Crippen LogP) is 3.18. The van der Waals surface area contributed by atoms with Gasteiger partial charge in [0.05, 0.1) is 13.2 Å². The summed E-state index contributed by atoms with van der Waals surface area (Å²) in [4.78, 5) is 44.5. The van der Waals surface area contributed by atoms with E-state index in [1.54, 1.807) is 12.1 Å². The number of carbonyl (C=O) groups excluding carboxylic acids is 3. The van der Waals surface area contributed by atoms with Gasteiger partial charge in [-0.15, -0.1) is 0 Å². The summed E-state index contributed by atoms with van der Waals surface area (Å²) in [6.45, 7) is 6.74. The third kappa shape index (κ3) is 4.72. The van der Waals surface area contributed by atoms with Gasteiger partial charge in [0.25, 0.3) is 11.8 Å². The zero-order valence-electron chi connectivity index (χ0n) is 19.7. The Balaban J connectivity index is 1.09. The summed E-state index contributed by atoms with van der Waals surface area (Å²) in [6, 6.07) is 11.1. The van der Waals surface area contributed by atoms with E-state index in [1.165, 1.54) is 11.3 Å². The van der Waals surface area contributed by atoms with Gasteiger partial charge in [-0.3, -0.25) is 24.2 Å². The molecule has 2 aromatic rings. The van der Waals surface area contributed by atoms with Gasteiger partial charge in [-0.05, 0) is 55.7 Å². The molecule has 180 valence electrons. The van der Waals surface area contributed by atoms with E-state index in [9.17, 15) is 14.4 Å². The highest BCUT2D eigenvalue weighted by Gasteiger charge is 2.32.